The molecule has 17 heavy (non-hydrogen) atoms. The van der Waals surface area contributed by atoms with Crippen LogP contribution in [0.5, 0.6) is 0 Å². The number of hydrogen-bond acceptors (Lipinski definition) is 2. The first kappa shape index (κ1) is 12.7. The Morgan fingerprint density at radius 2 is 2.12 bits per heavy atom. The molecule has 0 bridgehead atoms. The van der Waals surface area contributed by atoms with Crippen LogP contribution in [0.25, 0.3) is 0 Å². The van der Waals surface area contributed by atoms with Crippen LogP contribution in [-0.2, 0) is 4.74 Å². The molecule has 0 radical (unpaired) electrons. The Morgan fingerprint density at radius 3 is 2.71 bits per heavy atom. The molecule has 1 aromatic rings. The maximum absolute atomic E-state index is 6.04. The average Bonchev–Trinajstić information content (AvgIpc) is 2.36. The zero-order chi connectivity index (χ0) is 12.3. The molecule has 0 saturated carbocycles. The van der Waals surface area contributed by atoms with E-state index in [0.717, 1.165) is 25.0 Å². The van der Waals surface area contributed by atoms with Crippen LogP contribution >= 0.6 is 23.2 Å². The molecule has 0 fully saturated rings. The van der Waals surface area contributed by atoms with Crippen LogP contribution in [0, 0.1) is 0 Å². The number of likely N-dealkylation sites (N-methyl/N-ethyl adjacent to an activating group) is 1. The molecule has 4 heteroatoms. The smallest absolute Gasteiger partial charge is 0.0876 e. The van der Waals surface area contributed by atoms with Gasteiger partial charge < -0.3 is 10.1 Å². The predicted molar refractivity (Wildman–Crippen MR) is 71.5 cm³/mol. The highest BCUT2D eigenvalue weighted by molar-refractivity contribution is 6.42. The van der Waals surface area contributed by atoms with E-state index in [9.17, 15) is 0 Å². The van der Waals surface area contributed by atoms with Gasteiger partial charge in [0, 0.05) is 0 Å². The third-order valence-corrected chi connectivity index (χ3v) is 3.64. The number of benzene rings is 1. The van der Waals surface area contributed by atoms with Crippen molar-refractivity contribution in [3.63, 3.8) is 0 Å². The second-order valence-electron chi connectivity index (χ2n) is 4.06. The van der Waals surface area contributed by atoms with E-state index >= 15 is 0 Å². The van der Waals surface area contributed by atoms with Crippen molar-refractivity contribution >= 4 is 23.2 Å². The van der Waals surface area contributed by atoms with E-state index in [2.05, 4.69) is 5.32 Å². The molecule has 1 unspecified atom stereocenters. The molecule has 0 aliphatic carbocycles. The largest absolute Gasteiger partial charge is 0.501 e. The minimum atomic E-state index is 0.144. The van der Waals surface area contributed by atoms with Crippen molar-refractivity contribution in [2.24, 2.45) is 0 Å². The standard InChI is InChI=1S/C13H15Cl2NO/c1-16-13(10-3-2-6-17-8-10)9-4-5-11(14)12(15)7-9/h4-5,7-8,13,16H,2-3,6H2,1H3. The van der Waals surface area contributed by atoms with E-state index in [0.29, 0.717) is 10.0 Å². The molecule has 1 N–H and O–H groups in total. The fourth-order valence-corrected chi connectivity index (χ4v) is 2.36. The van der Waals surface area contributed by atoms with Gasteiger partial charge in [0.05, 0.1) is 29.0 Å². The number of ether oxygens (including phenoxy) is 1. The Kier molecular flexibility index (Phi) is 4.32. The lowest BCUT2D eigenvalue weighted by atomic mass is 9.95. The van der Waals surface area contributed by atoms with Crippen LogP contribution < -0.4 is 5.32 Å². The SMILES string of the molecule is CNC(C1=COCCC1)c1ccc(Cl)c(Cl)c1. The second-order valence-corrected chi connectivity index (χ2v) is 4.88. The summed E-state index contributed by atoms with van der Waals surface area (Å²) in [5.74, 6) is 0. The molecule has 2 nitrogen and oxygen atoms in total. The van der Waals surface area contributed by atoms with Crippen LogP contribution in [0.2, 0.25) is 10.0 Å². The summed E-state index contributed by atoms with van der Waals surface area (Å²) < 4.78 is 5.38. The summed E-state index contributed by atoms with van der Waals surface area (Å²) in [7, 11) is 1.93. The average molecular weight is 272 g/mol. The van der Waals surface area contributed by atoms with Gasteiger partial charge in [-0.05, 0) is 43.2 Å². The van der Waals surface area contributed by atoms with Crippen molar-refractivity contribution in [3.8, 4) is 0 Å². The lowest BCUT2D eigenvalue weighted by Gasteiger charge is -2.23. The molecule has 2 rings (SSSR count). The topological polar surface area (TPSA) is 21.3 Å². The van der Waals surface area contributed by atoms with Crippen molar-refractivity contribution in [3.05, 3.63) is 45.6 Å². The van der Waals surface area contributed by atoms with E-state index in [-0.39, 0.29) is 6.04 Å². The van der Waals surface area contributed by atoms with Gasteiger partial charge in [-0.1, -0.05) is 29.3 Å². The molecule has 1 atom stereocenters. The Bertz CT molecular complexity index is 431. The first-order valence-corrected chi connectivity index (χ1v) is 6.40. The van der Waals surface area contributed by atoms with Gasteiger partial charge in [0.1, 0.15) is 0 Å². The van der Waals surface area contributed by atoms with E-state index in [4.69, 9.17) is 27.9 Å². The van der Waals surface area contributed by atoms with Gasteiger partial charge in [0.2, 0.25) is 0 Å². The van der Waals surface area contributed by atoms with Crippen LogP contribution in [0.3, 0.4) is 0 Å². The van der Waals surface area contributed by atoms with E-state index in [1.807, 2.05) is 31.5 Å². The third kappa shape index (κ3) is 2.95. The molecule has 1 aliphatic rings. The van der Waals surface area contributed by atoms with Gasteiger partial charge in [-0.3, -0.25) is 0 Å². The molecule has 0 aromatic heterocycles. The summed E-state index contributed by atoms with van der Waals surface area (Å²) >= 11 is 12.0. The molecule has 0 amide bonds. The van der Waals surface area contributed by atoms with Gasteiger partial charge in [-0.25, -0.2) is 0 Å². The highest BCUT2D eigenvalue weighted by Crippen LogP contribution is 2.31. The second kappa shape index (κ2) is 5.76. The summed E-state index contributed by atoms with van der Waals surface area (Å²) in [4.78, 5) is 0. The zero-order valence-corrected chi connectivity index (χ0v) is 11.2. The van der Waals surface area contributed by atoms with Crippen molar-refractivity contribution in [2.45, 2.75) is 18.9 Å². The van der Waals surface area contributed by atoms with Gasteiger partial charge in [0.25, 0.3) is 0 Å². The van der Waals surface area contributed by atoms with Gasteiger partial charge in [0.15, 0.2) is 0 Å². The molecule has 1 aromatic carbocycles. The number of nitrogens with one attached hydrogen (secondary N) is 1. The van der Waals surface area contributed by atoms with Gasteiger partial charge >= 0.3 is 0 Å². The predicted octanol–water partition coefficient (Wildman–Crippen LogP) is 3.95. The Morgan fingerprint density at radius 1 is 1.29 bits per heavy atom. The van der Waals surface area contributed by atoms with E-state index < -0.39 is 0 Å². The fraction of sp³-hybridized carbons (Fsp3) is 0.385. The summed E-state index contributed by atoms with van der Waals surface area (Å²) in [6.07, 6.45) is 3.96. The normalized spacial score (nSPS) is 17.2. The minimum absolute atomic E-state index is 0.144. The van der Waals surface area contributed by atoms with E-state index in [1.54, 1.807) is 0 Å². The molecular formula is C13H15Cl2NO. The van der Waals surface area contributed by atoms with Gasteiger partial charge in [-0.15, -0.1) is 0 Å². The van der Waals surface area contributed by atoms with Crippen molar-refractivity contribution < 1.29 is 4.74 Å². The maximum atomic E-state index is 6.04. The highest BCUT2D eigenvalue weighted by Gasteiger charge is 2.18. The monoisotopic (exact) mass is 271 g/mol. The first-order valence-electron chi connectivity index (χ1n) is 5.65. The zero-order valence-electron chi connectivity index (χ0n) is 9.67. The molecular weight excluding hydrogens is 257 g/mol. The molecule has 1 aliphatic heterocycles. The fourth-order valence-electron chi connectivity index (χ4n) is 2.05. The highest BCUT2D eigenvalue weighted by atomic mass is 35.5. The summed E-state index contributed by atoms with van der Waals surface area (Å²) in [6.45, 7) is 0.807. The lowest BCUT2D eigenvalue weighted by Crippen LogP contribution is -2.20. The minimum Gasteiger partial charge on any atom is -0.501 e. The number of halogens is 2. The van der Waals surface area contributed by atoms with Crippen molar-refractivity contribution in [2.75, 3.05) is 13.7 Å². The van der Waals surface area contributed by atoms with Crippen molar-refractivity contribution in [1.82, 2.24) is 5.32 Å². The Hall–Kier alpha value is -0.700. The number of hydrogen-bond donors (Lipinski definition) is 1. The Labute approximate surface area is 112 Å². The van der Waals surface area contributed by atoms with Crippen LogP contribution in [0.15, 0.2) is 30.0 Å². The quantitative estimate of drug-likeness (QED) is 0.899. The third-order valence-electron chi connectivity index (χ3n) is 2.90. The van der Waals surface area contributed by atoms with E-state index in [1.165, 1.54) is 5.57 Å². The molecule has 0 saturated heterocycles. The van der Waals surface area contributed by atoms with Gasteiger partial charge in [-0.2, -0.15) is 0 Å². The van der Waals surface area contributed by atoms with Crippen LogP contribution in [0.1, 0.15) is 24.4 Å². The summed E-state index contributed by atoms with van der Waals surface area (Å²) in [5, 5.41) is 4.45. The van der Waals surface area contributed by atoms with Crippen molar-refractivity contribution in [1.29, 1.82) is 0 Å². The number of rotatable bonds is 3. The Balaban J connectivity index is 2.28. The lowest BCUT2D eigenvalue weighted by molar-refractivity contribution is 0.220. The van der Waals surface area contributed by atoms with Crippen LogP contribution in [-0.4, -0.2) is 13.7 Å². The van der Waals surface area contributed by atoms with Crippen LogP contribution in [0.4, 0.5) is 0 Å². The molecule has 92 valence electrons. The maximum Gasteiger partial charge on any atom is 0.0876 e. The summed E-state index contributed by atoms with van der Waals surface area (Å²) in [5.41, 5.74) is 2.36. The summed E-state index contributed by atoms with van der Waals surface area (Å²) in [6, 6.07) is 5.86. The first-order chi connectivity index (χ1) is 8.22. The molecule has 0 spiro atoms. The molecule has 1 heterocycles.